The summed E-state index contributed by atoms with van der Waals surface area (Å²) in [5, 5.41) is 0. The van der Waals surface area contributed by atoms with Crippen LogP contribution in [0.1, 0.15) is 27.7 Å². The lowest BCUT2D eigenvalue weighted by Gasteiger charge is -2.08. The van der Waals surface area contributed by atoms with Gasteiger partial charge in [0, 0.05) is 0 Å². The van der Waals surface area contributed by atoms with Crippen LogP contribution in [-0.2, 0) is 9.53 Å². The Labute approximate surface area is 79.1 Å². The van der Waals surface area contributed by atoms with Crippen LogP contribution in [-0.4, -0.2) is 23.6 Å². The highest BCUT2D eigenvalue weighted by molar-refractivity contribution is 7.99. The van der Waals surface area contributed by atoms with E-state index in [9.17, 15) is 4.79 Å². The van der Waals surface area contributed by atoms with Gasteiger partial charge in [0.1, 0.15) is 0 Å². The molecule has 0 rings (SSSR count). The molecule has 0 amide bonds. The largest absolute Gasteiger partial charge is 0.462 e. The molecule has 0 aromatic carbocycles. The summed E-state index contributed by atoms with van der Waals surface area (Å²) in [6.45, 7) is 8.01. The molecule has 12 heavy (non-hydrogen) atoms. The topological polar surface area (TPSA) is 26.3 Å². The van der Waals surface area contributed by atoms with E-state index in [2.05, 4.69) is 13.8 Å². The smallest absolute Gasteiger partial charge is 0.316 e. The summed E-state index contributed by atoms with van der Waals surface area (Å²) in [6.07, 6.45) is 0.0112. The van der Waals surface area contributed by atoms with Crippen molar-refractivity contribution in [2.45, 2.75) is 33.8 Å². The highest BCUT2D eigenvalue weighted by atomic mass is 32.2. The van der Waals surface area contributed by atoms with Gasteiger partial charge in [0.25, 0.3) is 0 Å². The summed E-state index contributed by atoms with van der Waals surface area (Å²) in [7, 11) is 0. The molecular weight excluding hydrogens is 172 g/mol. The van der Waals surface area contributed by atoms with Crippen molar-refractivity contribution < 1.29 is 9.53 Å². The number of esters is 1. The minimum atomic E-state index is -0.101. The first-order valence-corrected chi connectivity index (χ1v) is 5.45. The maximum absolute atomic E-state index is 11.0. The van der Waals surface area contributed by atoms with Crippen LogP contribution in [0, 0.1) is 5.92 Å². The van der Waals surface area contributed by atoms with Gasteiger partial charge in [-0.2, -0.15) is 0 Å². The van der Waals surface area contributed by atoms with Crippen molar-refractivity contribution in [2.24, 2.45) is 5.92 Å². The van der Waals surface area contributed by atoms with Crippen LogP contribution in [0.25, 0.3) is 0 Å². The zero-order valence-corrected chi connectivity index (χ0v) is 9.11. The van der Waals surface area contributed by atoms with Crippen molar-refractivity contribution >= 4 is 17.7 Å². The Morgan fingerprint density at radius 1 is 1.33 bits per heavy atom. The van der Waals surface area contributed by atoms with Gasteiger partial charge >= 0.3 is 5.97 Å². The number of rotatable bonds is 5. The molecule has 0 aliphatic carbocycles. The summed E-state index contributed by atoms with van der Waals surface area (Å²) in [4.78, 5) is 11.0. The quantitative estimate of drug-likeness (QED) is 0.622. The first kappa shape index (κ1) is 11.8. The Morgan fingerprint density at radius 2 is 1.92 bits per heavy atom. The summed E-state index contributed by atoms with van der Waals surface area (Å²) >= 11 is 1.64. The number of hydrogen-bond donors (Lipinski definition) is 0. The lowest BCUT2D eigenvalue weighted by Crippen LogP contribution is -2.13. The summed E-state index contributed by atoms with van der Waals surface area (Å²) in [6, 6.07) is 0. The Morgan fingerprint density at radius 3 is 2.33 bits per heavy atom. The SMILES string of the molecule is CC(C)CSCC(=O)OC(C)C. The average molecular weight is 190 g/mol. The van der Waals surface area contributed by atoms with Crippen LogP contribution < -0.4 is 0 Å². The molecule has 0 saturated carbocycles. The maximum atomic E-state index is 11.0. The second-order valence-corrected chi connectivity index (χ2v) is 4.48. The van der Waals surface area contributed by atoms with Crippen molar-refractivity contribution in [1.82, 2.24) is 0 Å². The molecule has 0 aliphatic heterocycles. The molecule has 0 bridgehead atoms. The molecule has 0 aliphatic rings. The molecule has 0 fully saturated rings. The maximum Gasteiger partial charge on any atom is 0.316 e. The normalized spacial score (nSPS) is 10.8. The highest BCUT2D eigenvalue weighted by Gasteiger charge is 2.05. The van der Waals surface area contributed by atoms with Gasteiger partial charge < -0.3 is 4.74 Å². The molecule has 0 saturated heterocycles. The minimum Gasteiger partial charge on any atom is -0.462 e. The fourth-order valence-electron chi connectivity index (χ4n) is 0.675. The van der Waals surface area contributed by atoms with Gasteiger partial charge in [-0.3, -0.25) is 4.79 Å². The zero-order chi connectivity index (χ0) is 9.56. The van der Waals surface area contributed by atoms with Crippen LogP contribution >= 0.6 is 11.8 Å². The van der Waals surface area contributed by atoms with Gasteiger partial charge in [0.05, 0.1) is 11.9 Å². The minimum absolute atomic E-state index is 0.0112. The second-order valence-electron chi connectivity index (χ2n) is 3.45. The van der Waals surface area contributed by atoms with E-state index in [1.165, 1.54) is 0 Å². The van der Waals surface area contributed by atoms with E-state index in [0.29, 0.717) is 11.7 Å². The van der Waals surface area contributed by atoms with Crippen LogP contribution in [0.3, 0.4) is 0 Å². The van der Waals surface area contributed by atoms with Gasteiger partial charge in [-0.15, -0.1) is 11.8 Å². The standard InChI is InChI=1S/C9H18O2S/c1-7(2)5-12-6-9(10)11-8(3)4/h7-8H,5-6H2,1-4H3. The number of thioether (sulfide) groups is 1. The molecule has 0 radical (unpaired) electrons. The fraction of sp³-hybridized carbons (Fsp3) is 0.889. The number of carbonyl (C=O) groups is 1. The summed E-state index contributed by atoms with van der Waals surface area (Å²) in [5.74, 6) is 2.04. The van der Waals surface area contributed by atoms with E-state index in [4.69, 9.17) is 4.74 Å². The average Bonchev–Trinajstić information content (AvgIpc) is 1.84. The monoisotopic (exact) mass is 190 g/mol. The van der Waals surface area contributed by atoms with E-state index in [-0.39, 0.29) is 12.1 Å². The number of carbonyl (C=O) groups excluding carboxylic acids is 1. The van der Waals surface area contributed by atoms with Crippen LogP contribution in [0.2, 0.25) is 0 Å². The van der Waals surface area contributed by atoms with E-state index in [1.807, 2.05) is 13.8 Å². The van der Waals surface area contributed by atoms with Crippen molar-refractivity contribution in [2.75, 3.05) is 11.5 Å². The van der Waals surface area contributed by atoms with E-state index in [0.717, 1.165) is 5.75 Å². The molecule has 72 valence electrons. The van der Waals surface area contributed by atoms with Crippen molar-refractivity contribution in [3.05, 3.63) is 0 Å². The van der Waals surface area contributed by atoms with Crippen LogP contribution in [0.5, 0.6) is 0 Å². The molecule has 0 spiro atoms. The molecule has 0 N–H and O–H groups in total. The predicted molar refractivity (Wildman–Crippen MR) is 53.4 cm³/mol. The van der Waals surface area contributed by atoms with Crippen LogP contribution in [0.4, 0.5) is 0 Å². The summed E-state index contributed by atoms with van der Waals surface area (Å²) < 4.78 is 4.97. The van der Waals surface area contributed by atoms with Gasteiger partial charge in [-0.25, -0.2) is 0 Å². The Bertz CT molecular complexity index is 132. The third-order valence-electron chi connectivity index (χ3n) is 1.04. The van der Waals surface area contributed by atoms with Crippen LogP contribution in [0.15, 0.2) is 0 Å². The predicted octanol–water partition coefficient (Wildman–Crippen LogP) is 2.33. The van der Waals surface area contributed by atoms with Gasteiger partial charge in [0.2, 0.25) is 0 Å². The molecular formula is C9H18O2S. The second kappa shape index (κ2) is 6.35. The number of ether oxygens (including phenoxy) is 1. The third-order valence-corrected chi connectivity index (χ3v) is 2.38. The van der Waals surface area contributed by atoms with E-state index in [1.54, 1.807) is 11.8 Å². The van der Waals surface area contributed by atoms with Crippen molar-refractivity contribution in [3.8, 4) is 0 Å². The Balaban J connectivity index is 3.32. The molecule has 0 heterocycles. The van der Waals surface area contributed by atoms with Crippen molar-refractivity contribution in [1.29, 1.82) is 0 Å². The molecule has 3 heteroatoms. The third kappa shape index (κ3) is 7.92. The molecule has 0 aromatic heterocycles. The Hall–Kier alpha value is -0.180. The molecule has 2 nitrogen and oxygen atoms in total. The van der Waals surface area contributed by atoms with Gasteiger partial charge in [0.15, 0.2) is 0 Å². The van der Waals surface area contributed by atoms with Crippen molar-refractivity contribution in [3.63, 3.8) is 0 Å². The Kier molecular flexibility index (Phi) is 6.25. The first-order valence-electron chi connectivity index (χ1n) is 4.29. The molecule has 0 aromatic rings. The van der Waals surface area contributed by atoms with Gasteiger partial charge in [-0.05, 0) is 25.5 Å². The highest BCUT2D eigenvalue weighted by Crippen LogP contribution is 2.07. The van der Waals surface area contributed by atoms with E-state index >= 15 is 0 Å². The van der Waals surface area contributed by atoms with Gasteiger partial charge in [-0.1, -0.05) is 13.8 Å². The number of hydrogen-bond acceptors (Lipinski definition) is 3. The lowest BCUT2D eigenvalue weighted by atomic mass is 10.3. The van der Waals surface area contributed by atoms with E-state index < -0.39 is 0 Å². The first-order chi connectivity index (χ1) is 5.52. The molecule has 0 atom stereocenters. The zero-order valence-electron chi connectivity index (χ0n) is 8.29. The lowest BCUT2D eigenvalue weighted by molar-refractivity contribution is -0.144. The summed E-state index contributed by atoms with van der Waals surface area (Å²) in [5.41, 5.74) is 0. The molecule has 0 unspecified atom stereocenters. The fourth-order valence-corrected chi connectivity index (χ4v) is 1.50.